The molecular weight excluding hydrogens is 363 g/mol. The van der Waals surface area contributed by atoms with Gasteiger partial charge in [0.15, 0.2) is 0 Å². The molecule has 1 heterocycles. The Kier molecular flexibility index (Phi) is 4.06. The molecule has 1 aliphatic heterocycles. The van der Waals surface area contributed by atoms with Crippen molar-refractivity contribution in [3.63, 3.8) is 0 Å². The number of hydrogen-bond donors (Lipinski definition) is 0. The maximum absolute atomic E-state index is 12.8. The first-order valence-electron chi connectivity index (χ1n) is 5.57. The average Bonchev–Trinajstić information content (AvgIpc) is 2.43. The molecule has 2 unspecified atom stereocenters. The summed E-state index contributed by atoms with van der Waals surface area (Å²) < 4.78 is 10.8. The fraction of sp³-hybridized carbons (Fsp3) is 0.417. The van der Waals surface area contributed by atoms with Crippen LogP contribution in [0, 0.1) is 67.9 Å². The van der Waals surface area contributed by atoms with Gasteiger partial charge in [-0.15, -0.1) is 0 Å². The molecule has 0 amide bonds. The van der Waals surface area contributed by atoms with Crippen LogP contribution in [-0.2, 0) is 3.02 Å². The molecule has 0 saturated carbocycles. The summed E-state index contributed by atoms with van der Waals surface area (Å²) in [7, 11) is 0. The van der Waals surface area contributed by atoms with Gasteiger partial charge < -0.3 is 0 Å². The van der Waals surface area contributed by atoms with Crippen LogP contribution in [0.5, 0.6) is 0 Å². The van der Waals surface area contributed by atoms with E-state index in [4.69, 9.17) is 5.26 Å². The van der Waals surface area contributed by atoms with E-state index in [1.165, 1.54) is 21.8 Å². The molecule has 0 N–H and O–H groups in total. The summed E-state index contributed by atoms with van der Waals surface area (Å²) in [6.45, 7) is -1.14. The Morgan fingerprint density at radius 3 is 1.95 bits per heavy atom. The van der Waals surface area contributed by atoms with E-state index in [1.807, 2.05) is 12.0 Å². The van der Waals surface area contributed by atoms with Crippen LogP contribution in [-0.4, -0.2) is 25.5 Å². The van der Waals surface area contributed by atoms with Crippen molar-refractivity contribution >= 4 is 25.5 Å². The Labute approximate surface area is 121 Å². The third kappa shape index (κ3) is 1.67. The Bertz CT molecular complexity index is 705. The van der Waals surface area contributed by atoms with E-state index >= 15 is 0 Å². The summed E-state index contributed by atoms with van der Waals surface area (Å²) >= 11 is -4.42. The molecule has 0 aliphatic carbocycles. The molecule has 0 aromatic rings. The zero-order valence-corrected chi connectivity index (χ0v) is 13.5. The van der Waals surface area contributed by atoms with Crippen molar-refractivity contribution in [1.29, 1.82) is 26.3 Å². The van der Waals surface area contributed by atoms with E-state index in [0.29, 0.717) is 0 Å². The number of nitriles is 5. The number of nitrogens with zero attached hydrogens (tertiary/aromatic N) is 5. The van der Waals surface area contributed by atoms with Crippen LogP contribution in [0.15, 0.2) is 12.1 Å². The third-order valence-corrected chi connectivity index (χ3v) is 10.6. The molecule has 6 nitrogen and oxygen atoms in total. The average molecular weight is 372 g/mol. The summed E-state index contributed by atoms with van der Waals surface area (Å²) in [6.07, 6.45) is 1.28. The minimum atomic E-state index is -4.42. The predicted octanol–water partition coefficient (Wildman–Crippen LogP) is 1.27. The van der Waals surface area contributed by atoms with Crippen LogP contribution in [0.3, 0.4) is 0 Å². The Morgan fingerprint density at radius 2 is 1.65 bits per heavy atom. The fourth-order valence-corrected chi connectivity index (χ4v) is 8.75. The zero-order chi connectivity index (χ0) is 15.6. The van der Waals surface area contributed by atoms with Crippen molar-refractivity contribution in [3.05, 3.63) is 12.1 Å². The molecule has 0 aromatic heterocycles. The van der Waals surface area contributed by atoms with Gasteiger partial charge in [0.05, 0.1) is 0 Å². The van der Waals surface area contributed by atoms with Crippen LogP contribution in [0.25, 0.3) is 0 Å². The fourth-order valence-electron chi connectivity index (χ4n) is 2.64. The Hall–Kier alpha value is -2.13. The molecule has 0 aromatic carbocycles. The first kappa shape index (κ1) is 15.9. The van der Waals surface area contributed by atoms with Gasteiger partial charge in [0.2, 0.25) is 0 Å². The van der Waals surface area contributed by atoms with Gasteiger partial charge in [0, 0.05) is 0 Å². The summed E-state index contributed by atoms with van der Waals surface area (Å²) in [5.41, 5.74) is -2.09. The van der Waals surface area contributed by atoms with Crippen molar-refractivity contribution in [3.8, 4) is 30.2 Å². The molecule has 2 atom stereocenters. The number of allylic oxidation sites excluding steroid dienone is 1. The van der Waals surface area contributed by atoms with E-state index in [1.54, 1.807) is 18.2 Å². The second-order valence-corrected chi connectivity index (χ2v) is 14.6. The van der Waals surface area contributed by atoms with Crippen LogP contribution >= 0.6 is 0 Å². The molecule has 8 heteroatoms. The number of hydrogen-bond acceptors (Lipinski definition) is 6. The number of rotatable bonds is 1. The predicted molar refractivity (Wildman–Crippen MR) is 69.7 cm³/mol. The molecule has 0 spiro atoms. The zero-order valence-electron chi connectivity index (χ0n) is 10.9. The summed E-state index contributed by atoms with van der Waals surface area (Å²) in [6, 6.07) is 7.07. The minimum absolute atomic E-state index is 1.14. The third-order valence-electron chi connectivity index (χ3n) is 3.66. The van der Waals surface area contributed by atoms with Gasteiger partial charge in [0.1, 0.15) is 0 Å². The topological polar surface area (TPSA) is 136 Å². The first-order chi connectivity index (χ1) is 9.31. The van der Waals surface area contributed by atoms with E-state index in [0.717, 1.165) is 0 Å². The van der Waals surface area contributed by atoms with Crippen LogP contribution in [0.2, 0.25) is 13.0 Å². The maximum atomic E-state index is 12.8. The normalized spacial score (nSPS) is 27.2. The van der Waals surface area contributed by atoms with E-state index < -0.39 is 40.1 Å². The van der Waals surface area contributed by atoms with Crippen molar-refractivity contribution in [2.75, 3.05) is 0 Å². The van der Waals surface area contributed by atoms with Gasteiger partial charge in [-0.2, -0.15) is 0 Å². The molecule has 0 bridgehead atoms. The van der Waals surface area contributed by atoms with Crippen LogP contribution < -0.4 is 0 Å². The van der Waals surface area contributed by atoms with Crippen LogP contribution in [0.4, 0.5) is 0 Å². The molecular formula is C12H9BN5OSb. The van der Waals surface area contributed by atoms with Gasteiger partial charge in [-0.3, -0.25) is 0 Å². The molecule has 96 valence electrons. The van der Waals surface area contributed by atoms with Gasteiger partial charge >= 0.3 is 121 Å². The van der Waals surface area contributed by atoms with Gasteiger partial charge in [-0.05, 0) is 0 Å². The van der Waals surface area contributed by atoms with Crippen LogP contribution in [0.1, 0.15) is 0 Å². The standard InChI is InChI=1S/C10H3BN5.2CH3.O.Sb/c12-3-8-1-2-11(7-16)9(4-13)10(8,5-14)6-15;;;;/h1-2,8H;2*1H3;;. The Morgan fingerprint density at radius 1 is 1.10 bits per heavy atom. The molecule has 1 aliphatic rings. The van der Waals surface area contributed by atoms with E-state index in [2.05, 4.69) is 0 Å². The van der Waals surface area contributed by atoms with Crippen molar-refractivity contribution < 1.29 is 3.02 Å². The SMILES string of the molecule is [CH3][Sb]([CH3])(=[O])[C]1(C#N)B(C#N)C=CC(C#N)C1(C#N)C#N. The van der Waals surface area contributed by atoms with Gasteiger partial charge in [-0.25, -0.2) is 0 Å². The molecule has 20 heavy (non-hydrogen) atoms. The second kappa shape index (κ2) is 5.10. The monoisotopic (exact) mass is 371 g/mol. The summed E-state index contributed by atoms with van der Waals surface area (Å²) in [4.78, 5) is 2.70. The molecule has 0 saturated heterocycles. The molecule has 0 radical (unpaired) electrons. The van der Waals surface area contributed by atoms with Crippen molar-refractivity contribution in [1.82, 2.24) is 0 Å². The first-order valence-corrected chi connectivity index (χ1v) is 13.0. The van der Waals surface area contributed by atoms with Gasteiger partial charge in [-0.1, -0.05) is 0 Å². The van der Waals surface area contributed by atoms with E-state index in [9.17, 15) is 24.1 Å². The quantitative estimate of drug-likeness (QED) is 0.636. The van der Waals surface area contributed by atoms with Crippen molar-refractivity contribution in [2.24, 2.45) is 11.3 Å². The second-order valence-electron chi connectivity index (χ2n) is 4.86. The van der Waals surface area contributed by atoms with Crippen molar-refractivity contribution in [2.45, 2.75) is 13.0 Å². The molecule has 0 fully saturated rings. The summed E-state index contributed by atoms with van der Waals surface area (Å²) in [5.74, 6) is 1.98. The Balaban J connectivity index is 3.98. The van der Waals surface area contributed by atoms with Gasteiger partial charge in [0.25, 0.3) is 0 Å². The van der Waals surface area contributed by atoms with E-state index in [-0.39, 0.29) is 0 Å². The summed E-state index contributed by atoms with van der Waals surface area (Å²) in [5, 5.41) is 46.9. The molecule has 1 rings (SSSR count).